The molecule has 0 atom stereocenters. The lowest BCUT2D eigenvalue weighted by Crippen LogP contribution is -2.45. The Kier molecular flexibility index (Phi) is 6.20. The van der Waals surface area contributed by atoms with Gasteiger partial charge < -0.3 is 20.3 Å². The fourth-order valence-corrected chi connectivity index (χ4v) is 2.53. The first kappa shape index (κ1) is 18.3. The Labute approximate surface area is 143 Å². The molecule has 0 heterocycles. The van der Waals surface area contributed by atoms with Gasteiger partial charge in [0.15, 0.2) is 0 Å². The summed E-state index contributed by atoms with van der Waals surface area (Å²) in [5.74, 6) is 0.513. The predicted molar refractivity (Wildman–Crippen MR) is 92.9 cm³/mol. The van der Waals surface area contributed by atoms with Crippen molar-refractivity contribution in [1.29, 1.82) is 0 Å². The van der Waals surface area contributed by atoms with Gasteiger partial charge in [-0.05, 0) is 51.1 Å². The van der Waals surface area contributed by atoms with Crippen LogP contribution in [0.25, 0.3) is 0 Å². The van der Waals surface area contributed by atoms with Crippen molar-refractivity contribution in [2.75, 3.05) is 40.8 Å². The number of nitrogens with zero attached hydrogens (tertiary/aromatic N) is 1. The molecule has 2 N–H and O–H groups in total. The topological polar surface area (TPSA) is 70.7 Å². The van der Waals surface area contributed by atoms with Crippen LogP contribution in [0.2, 0.25) is 0 Å². The normalized spacial score (nSPS) is 15.0. The molecule has 132 valence electrons. The second kappa shape index (κ2) is 8.15. The number of methoxy groups -OCH3 is 1. The summed E-state index contributed by atoms with van der Waals surface area (Å²) in [5.41, 5.74) is 0.281. The van der Waals surface area contributed by atoms with Gasteiger partial charge in [-0.3, -0.25) is 9.59 Å². The van der Waals surface area contributed by atoms with Crippen LogP contribution < -0.4 is 15.4 Å². The SMILES string of the molecule is COc1ccc(CCNC(=O)C2(C(=O)NCCN(C)C)CC2)cc1. The summed E-state index contributed by atoms with van der Waals surface area (Å²) in [7, 11) is 5.53. The smallest absolute Gasteiger partial charge is 0.235 e. The van der Waals surface area contributed by atoms with Crippen LogP contribution in [0.15, 0.2) is 24.3 Å². The van der Waals surface area contributed by atoms with Crippen LogP contribution in [0.1, 0.15) is 18.4 Å². The van der Waals surface area contributed by atoms with Crippen LogP contribution in [0.5, 0.6) is 5.75 Å². The zero-order valence-corrected chi connectivity index (χ0v) is 14.7. The Hall–Kier alpha value is -2.08. The molecular weight excluding hydrogens is 306 g/mol. The van der Waals surface area contributed by atoms with Gasteiger partial charge in [0.25, 0.3) is 0 Å². The first-order chi connectivity index (χ1) is 11.5. The number of hydrogen-bond donors (Lipinski definition) is 2. The number of likely N-dealkylation sites (N-methyl/N-ethyl adjacent to an activating group) is 1. The quantitative estimate of drug-likeness (QED) is 0.656. The Morgan fingerprint density at radius 3 is 2.17 bits per heavy atom. The molecule has 0 radical (unpaired) electrons. The third-order valence-corrected chi connectivity index (χ3v) is 4.32. The summed E-state index contributed by atoms with van der Waals surface area (Å²) in [4.78, 5) is 26.6. The Bertz CT molecular complexity index is 565. The molecule has 24 heavy (non-hydrogen) atoms. The number of rotatable bonds is 9. The van der Waals surface area contributed by atoms with Gasteiger partial charge in [-0.15, -0.1) is 0 Å². The first-order valence-corrected chi connectivity index (χ1v) is 8.32. The van der Waals surface area contributed by atoms with E-state index in [9.17, 15) is 9.59 Å². The van der Waals surface area contributed by atoms with Crippen LogP contribution in [0.4, 0.5) is 0 Å². The highest BCUT2D eigenvalue weighted by Gasteiger charge is 2.56. The first-order valence-electron chi connectivity index (χ1n) is 8.32. The minimum absolute atomic E-state index is 0.147. The van der Waals surface area contributed by atoms with Gasteiger partial charge in [0.2, 0.25) is 11.8 Å². The zero-order valence-electron chi connectivity index (χ0n) is 14.7. The van der Waals surface area contributed by atoms with Crippen molar-refractivity contribution in [1.82, 2.24) is 15.5 Å². The molecule has 6 heteroatoms. The second-order valence-corrected chi connectivity index (χ2v) is 6.50. The summed E-state index contributed by atoms with van der Waals surface area (Å²) < 4.78 is 5.12. The molecule has 0 saturated heterocycles. The number of amides is 2. The highest BCUT2D eigenvalue weighted by atomic mass is 16.5. The number of benzene rings is 1. The number of carbonyl (C=O) groups excluding carboxylic acids is 2. The predicted octanol–water partition coefficient (Wildman–Crippen LogP) is 0.812. The summed E-state index contributed by atoms with van der Waals surface area (Å²) in [6.45, 7) is 1.85. The van der Waals surface area contributed by atoms with E-state index in [0.717, 1.165) is 24.3 Å². The molecule has 1 saturated carbocycles. The van der Waals surface area contributed by atoms with E-state index in [2.05, 4.69) is 10.6 Å². The molecule has 2 rings (SSSR count). The van der Waals surface area contributed by atoms with Gasteiger partial charge in [-0.1, -0.05) is 12.1 Å². The summed E-state index contributed by atoms with van der Waals surface area (Å²) >= 11 is 0. The van der Waals surface area contributed by atoms with Crippen LogP contribution in [0.3, 0.4) is 0 Å². The maximum absolute atomic E-state index is 12.4. The van der Waals surface area contributed by atoms with Crippen molar-refractivity contribution in [3.8, 4) is 5.75 Å². The van der Waals surface area contributed by atoms with Gasteiger partial charge in [-0.2, -0.15) is 0 Å². The van der Waals surface area contributed by atoms with Crippen molar-refractivity contribution in [2.45, 2.75) is 19.3 Å². The maximum Gasteiger partial charge on any atom is 0.235 e. The Morgan fingerprint density at radius 1 is 1.08 bits per heavy atom. The van der Waals surface area contributed by atoms with E-state index in [4.69, 9.17) is 4.74 Å². The average molecular weight is 333 g/mol. The van der Waals surface area contributed by atoms with Gasteiger partial charge in [-0.25, -0.2) is 0 Å². The average Bonchev–Trinajstić information content (AvgIpc) is 3.37. The van der Waals surface area contributed by atoms with Gasteiger partial charge in [0.05, 0.1) is 7.11 Å². The van der Waals surface area contributed by atoms with Gasteiger partial charge >= 0.3 is 0 Å². The monoisotopic (exact) mass is 333 g/mol. The summed E-state index contributed by atoms with van der Waals surface area (Å²) in [5, 5.41) is 5.76. The number of carbonyl (C=O) groups is 2. The number of ether oxygens (including phenoxy) is 1. The number of nitrogens with one attached hydrogen (secondary N) is 2. The molecule has 1 fully saturated rings. The van der Waals surface area contributed by atoms with E-state index in [0.29, 0.717) is 25.9 Å². The van der Waals surface area contributed by atoms with Crippen LogP contribution >= 0.6 is 0 Å². The molecule has 0 unspecified atom stereocenters. The lowest BCUT2D eigenvalue weighted by molar-refractivity contribution is -0.137. The zero-order chi connectivity index (χ0) is 17.6. The van der Waals surface area contributed by atoms with E-state index in [1.54, 1.807) is 7.11 Å². The fourth-order valence-electron chi connectivity index (χ4n) is 2.53. The van der Waals surface area contributed by atoms with Crippen molar-refractivity contribution < 1.29 is 14.3 Å². The van der Waals surface area contributed by atoms with E-state index in [1.807, 2.05) is 43.3 Å². The van der Waals surface area contributed by atoms with Crippen LogP contribution in [-0.4, -0.2) is 57.6 Å². The third kappa shape index (κ3) is 4.71. The summed E-state index contributed by atoms with van der Waals surface area (Å²) in [6, 6.07) is 7.76. The minimum Gasteiger partial charge on any atom is -0.497 e. The molecule has 6 nitrogen and oxygen atoms in total. The maximum atomic E-state index is 12.4. The lowest BCUT2D eigenvalue weighted by atomic mass is 10.0. The molecule has 0 aromatic heterocycles. The van der Waals surface area contributed by atoms with Crippen molar-refractivity contribution in [3.05, 3.63) is 29.8 Å². The van der Waals surface area contributed by atoms with Crippen LogP contribution in [-0.2, 0) is 16.0 Å². The largest absolute Gasteiger partial charge is 0.497 e. The molecule has 1 aliphatic rings. The molecule has 0 aliphatic heterocycles. The highest BCUT2D eigenvalue weighted by Crippen LogP contribution is 2.46. The number of hydrogen-bond acceptors (Lipinski definition) is 4. The van der Waals surface area contributed by atoms with E-state index >= 15 is 0 Å². The van der Waals surface area contributed by atoms with E-state index in [-0.39, 0.29) is 11.8 Å². The van der Waals surface area contributed by atoms with Crippen molar-refractivity contribution >= 4 is 11.8 Å². The standard InChI is InChI=1S/C18H27N3O3/c1-21(2)13-12-20-17(23)18(9-10-18)16(22)19-11-8-14-4-6-15(24-3)7-5-14/h4-7H,8-13H2,1-3H3,(H,19,22)(H,20,23). The van der Waals surface area contributed by atoms with Crippen LogP contribution in [0, 0.1) is 5.41 Å². The third-order valence-electron chi connectivity index (χ3n) is 4.32. The van der Waals surface area contributed by atoms with Gasteiger partial charge in [0, 0.05) is 19.6 Å². The van der Waals surface area contributed by atoms with Gasteiger partial charge in [0.1, 0.15) is 11.2 Å². The molecule has 2 amide bonds. The van der Waals surface area contributed by atoms with E-state index < -0.39 is 5.41 Å². The molecule has 1 aliphatic carbocycles. The minimum atomic E-state index is -0.841. The fraction of sp³-hybridized carbons (Fsp3) is 0.556. The Balaban J connectivity index is 1.75. The molecule has 0 bridgehead atoms. The Morgan fingerprint density at radius 2 is 1.67 bits per heavy atom. The van der Waals surface area contributed by atoms with Crippen molar-refractivity contribution in [2.24, 2.45) is 5.41 Å². The van der Waals surface area contributed by atoms with Crippen molar-refractivity contribution in [3.63, 3.8) is 0 Å². The molecule has 1 aromatic carbocycles. The lowest BCUT2D eigenvalue weighted by Gasteiger charge is -2.16. The highest BCUT2D eigenvalue weighted by molar-refractivity contribution is 6.07. The molecule has 1 aromatic rings. The summed E-state index contributed by atoms with van der Waals surface area (Å²) in [6.07, 6.45) is 2.00. The molecular formula is C18H27N3O3. The second-order valence-electron chi connectivity index (χ2n) is 6.50. The molecule has 0 spiro atoms. The van der Waals surface area contributed by atoms with E-state index in [1.165, 1.54) is 0 Å².